The molecule has 96 valence electrons. The Labute approximate surface area is 133 Å². The highest BCUT2D eigenvalue weighted by Crippen LogP contribution is 2.43. The smallest absolute Gasteiger partial charge is 0.0235 e. The molecule has 0 aliphatic heterocycles. The summed E-state index contributed by atoms with van der Waals surface area (Å²) in [6.45, 7) is 11.4. The molecule has 0 N–H and O–H groups in total. The van der Waals surface area contributed by atoms with E-state index in [-0.39, 0.29) is 3.42 Å². The fourth-order valence-electron chi connectivity index (χ4n) is 2.04. The number of halogens is 2. The van der Waals surface area contributed by atoms with E-state index in [0.717, 1.165) is 0 Å². The van der Waals surface area contributed by atoms with Crippen molar-refractivity contribution < 1.29 is 0 Å². The maximum Gasteiger partial charge on any atom is 0.0235 e. The lowest BCUT2D eigenvalue weighted by Crippen LogP contribution is -2.27. The zero-order valence-corrected chi connectivity index (χ0v) is 15.7. The van der Waals surface area contributed by atoms with Gasteiger partial charge in [0.2, 0.25) is 0 Å². The maximum atomic E-state index is 2.59. The molecule has 0 saturated heterocycles. The lowest BCUT2D eigenvalue weighted by molar-refractivity contribution is 0.486. The lowest BCUT2D eigenvalue weighted by atomic mass is 9.82. The van der Waals surface area contributed by atoms with Gasteiger partial charge in [0.15, 0.2) is 0 Å². The van der Waals surface area contributed by atoms with Gasteiger partial charge in [-0.25, -0.2) is 0 Å². The summed E-state index contributed by atoms with van der Waals surface area (Å²) < 4.78 is 0.630. The third-order valence-electron chi connectivity index (χ3n) is 3.00. The van der Waals surface area contributed by atoms with Gasteiger partial charge in [-0.05, 0) is 24.8 Å². The summed E-state index contributed by atoms with van der Waals surface area (Å²) in [6.07, 6.45) is 1.21. The average molecular weight is 456 g/mol. The van der Waals surface area contributed by atoms with E-state index >= 15 is 0 Å². The summed E-state index contributed by atoms with van der Waals surface area (Å²) >= 11 is 5.15. The molecule has 0 amide bonds. The topological polar surface area (TPSA) is 0 Å². The van der Waals surface area contributed by atoms with E-state index in [1.165, 1.54) is 17.5 Å². The van der Waals surface area contributed by atoms with Crippen LogP contribution < -0.4 is 0 Å². The van der Waals surface area contributed by atoms with Crippen molar-refractivity contribution in [3.05, 3.63) is 35.4 Å². The van der Waals surface area contributed by atoms with E-state index in [2.05, 4.69) is 104 Å². The van der Waals surface area contributed by atoms with E-state index in [4.69, 9.17) is 0 Å². The fraction of sp³-hybridized carbons (Fsp3) is 0.600. The molecule has 2 heteroatoms. The zero-order valence-electron chi connectivity index (χ0n) is 11.3. The Hall–Kier alpha value is 0.680. The minimum atomic E-state index is 0.287. The molecule has 0 nitrogen and oxygen atoms in total. The third-order valence-corrected chi connectivity index (χ3v) is 4.19. The molecule has 0 aliphatic carbocycles. The number of rotatable bonds is 4. The van der Waals surface area contributed by atoms with Crippen LogP contribution in [0.5, 0.6) is 0 Å². The fourth-order valence-corrected chi connectivity index (χ4v) is 3.06. The molecule has 0 heterocycles. The van der Waals surface area contributed by atoms with Crippen LogP contribution >= 0.6 is 45.2 Å². The molecule has 0 fully saturated rings. The van der Waals surface area contributed by atoms with Crippen molar-refractivity contribution in [2.45, 2.75) is 53.8 Å². The molecule has 17 heavy (non-hydrogen) atoms. The van der Waals surface area contributed by atoms with Crippen LogP contribution in [0.4, 0.5) is 0 Å². The van der Waals surface area contributed by atoms with Gasteiger partial charge in [-0.15, -0.1) is 0 Å². The summed E-state index contributed by atoms with van der Waals surface area (Å²) in [4.78, 5) is 0. The molecule has 0 spiro atoms. The zero-order chi connectivity index (χ0) is 13.3. The van der Waals surface area contributed by atoms with Gasteiger partial charge >= 0.3 is 0 Å². The van der Waals surface area contributed by atoms with E-state index in [1.807, 2.05) is 0 Å². The number of hydrogen-bond acceptors (Lipinski definition) is 0. The molecule has 0 radical (unpaired) electrons. The van der Waals surface area contributed by atoms with Crippen LogP contribution in [0, 0.1) is 6.92 Å². The third kappa shape index (κ3) is 5.45. The minimum Gasteiger partial charge on any atom is -0.0795 e. The molecular formula is C15H22I2. The van der Waals surface area contributed by atoms with Crippen LogP contribution in [0.25, 0.3) is 0 Å². The first-order chi connectivity index (χ1) is 7.59. The Kier molecular flexibility index (Phi) is 5.33. The van der Waals surface area contributed by atoms with Gasteiger partial charge in [0, 0.05) is 6.84 Å². The number of aryl methyl sites for hydroxylation is 1. The lowest BCUT2D eigenvalue weighted by Gasteiger charge is -2.34. The van der Waals surface area contributed by atoms with Crippen LogP contribution in [-0.4, -0.2) is 6.84 Å². The molecule has 0 aromatic heterocycles. The summed E-state index contributed by atoms with van der Waals surface area (Å²) in [5.41, 5.74) is 2.81. The highest BCUT2D eigenvalue weighted by atomic mass is 127. The quantitative estimate of drug-likeness (QED) is 0.392. The molecule has 1 atom stereocenters. The Morgan fingerprint density at radius 1 is 1.00 bits per heavy atom. The highest BCUT2D eigenvalue weighted by molar-refractivity contribution is 14.1. The van der Waals surface area contributed by atoms with E-state index in [9.17, 15) is 0 Å². The van der Waals surface area contributed by atoms with Gasteiger partial charge in [-0.1, -0.05) is 103 Å². The largest absolute Gasteiger partial charge is 0.0795 e. The maximum absolute atomic E-state index is 2.59. The normalized spacial score (nSPS) is 14.8. The van der Waals surface area contributed by atoms with Crippen molar-refractivity contribution in [1.29, 1.82) is 0 Å². The molecule has 0 aliphatic rings. The molecule has 1 aromatic rings. The molecule has 1 aromatic carbocycles. The van der Waals surface area contributed by atoms with Crippen molar-refractivity contribution in [3.63, 3.8) is 0 Å². The SMILES string of the molecule is Cc1ccc(C(CC(C)(C)I)C(C)(C)I)cc1. The standard InChI is InChI=1S/C15H22I2/c1-11-6-8-12(9-7-11)13(15(4,5)17)10-14(2,3)16/h6-9,13H,10H2,1-5H3. The molecule has 0 saturated carbocycles. The van der Waals surface area contributed by atoms with Crippen LogP contribution in [0.1, 0.15) is 51.2 Å². The van der Waals surface area contributed by atoms with Gasteiger partial charge in [0.1, 0.15) is 0 Å². The highest BCUT2D eigenvalue weighted by Gasteiger charge is 2.32. The Morgan fingerprint density at radius 2 is 1.47 bits per heavy atom. The molecule has 1 rings (SSSR count). The van der Waals surface area contributed by atoms with Crippen molar-refractivity contribution in [3.8, 4) is 0 Å². The second kappa shape index (κ2) is 5.76. The summed E-state index contributed by atoms with van der Waals surface area (Å²) in [7, 11) is 0. The number of alkyl halides is 2. The first kappa shape index (κ1) is 15.7. The summed E-state index contributed by atoms with van der Waals surface area (Å²) in [5.74, 6) is 0.607. The van der Waals surface area contributed by atoms with E-state index in [0.29, 0.717) is 9.34 Å². The Morgan fingerprint density at radius 3 is 1.82 bits per heavy atom. The van der Waals surface area contributed by atoms with Gasteiger partial charge in [0.05, 0.1) is 0 Å². The van der Waals surface area contributed by atoms with Gasteiger partial charge < -0.3 is 0 Å². The van der Waals surface area contributed by atoms with E-state index in [1.54, 1.807) is 0 Å². The molecule has 0 bridgehead atoms. The minimum absolute atomic E-state index is 0.287. The molecular weight excluding hydrogens is 434 g/mol. The van der Waals surface area contributed by atoms with Crippen molar-refractivity contribution in [2.75, 3.05) is 0 Å². The van der Waals surface area contributed by atoms with Crippen molar-refractivity contribution >= 4 is 45.2 Å². The second-order valence-electron chi connectivity index (χ2n) is 5.95. The number of benzene rings is 1. The second-order valence-corrected chi connectivity index (χ2v) is 11.7. The van der Waals surface area contributed by atoms with Gasteiger partial charge in [0.25, 0.3) is 0 Å². The first-order valence-electron chi connectivity index (χ1n) is 6.04. The Bertz CT molecular complexity index is 352. The monoisotopic (exact) mass is 456 g/mol. The number of hydrogen-bond donors (Lipinski definition) is 0. The van der Waals surface area contributed by atoms with Crippen molar-refractivity contribution in [2.24, 2.45) is 0 Å². The summed E-state index contributed by atoms with van der Waals surface area (Å²) in [5, 5.41) is 0. The van der Waals surface area contributed by atoms with Crippen LogP contribution in [-0.2, 0) is 0 Å². The van der Waals surface area contributed by atoms with Gasteiger partial charge in [-0.2, -0.15) is 0 Å². The van der Waals surface area contributed by atoms with Crippen LogP contribution in [0.2, 0.25) is 0 Å². The van der Waals surface area contributed by atoms with E-state index < -0.39 is 0 Å². The van der Waals surface area contributed by atoms with Crippen LogP contribution in [0.3, 0.4) is 0 Å². The first-order valence-corrected chi connectivity index (χ1v) is 8.20. The predicted molar refractivity (Wildman–Crippen MR) is 94.7 cm³/mol. The van der Waals surface area contributed by atoms with Crippen LogP contribution in [0.15, 0.2) is 24.3 Å². The summed E-state index contributed by atoms with van der Waals surface area (Å²) in [6, 6.07) is 9.04. The van der Waals surface area contributed by atoms with Crippen molar-refractivity contribution in [1.82, 2.24) is 0 Å². The molecule has 1 unspecified atom stereocenters. The predicted octanol–water partition coefficient (Wildman–Crippen LogP) is 5.90. The average Bonchev–Trinajstić information content (AvgIpc) is 2.13. The van der Waals surface area contributed by atoms with Gasteiger partial charge in [-0.3, -0.25) is 0 Å². The Balaban J connectivity index is 3.03.